The van der Waals surface area contributed by atoms with Gasteiger partial charge in [-0.2, -0.15) is 0 Å². The van der Waals surface area contributed by atoms with Crippen LogP contribution in [-0.4, -0.2) is 18.9 Å². The van der Waals surface area contributed by atoms with Gasteiger partial charge in [0.15, 0.2) is 0 Å². The fraction of sp³-hybridized carbons (Fsp3) is 0.136. The Labute approximate surface area is 161 Å². The molecule has 2 aromatic rings. The Balaban J connectivity index is 1.86. The molecule has 0 aliphatic rings. The molecule has 0 aromatic heterocycles. The van der Waals surface area contributed by atoms with Gasteiger partial charge >= 0.3 is 0 Å². The number of amidine groups is 1. The maximum absolute atomic E-state index is 7.41. The van der Waals surface area contributed by atoms with Crippen molar-refractivity contribution in [2.24, 2.45) is 11.5 Å². The van der Waals surface area contributed by atoms with Crippen molar-refractivity contribution in [2.75, 3.05) is 23.7 Å². The van der Waals surface area contributed by atoms with Gasteiger partial charge in [0, 0.05) is 36.6 Å². The summed E-state index contributed by atoms with van der Waals surface area (Å²) in [6.07, 6.45) is 3.85. The predicted octanol–water partition coefficient (Wildman–Crippen LogP) is 3.62. The van der Waals surface area contributed by atoms with Crippen molar-refractivity contribution in [1.82, 2.24) is 0 Å². The number of hydrogen-bond donors (Lipinski definition) is 5. The summed E-state index contributed by atoms with van der Waals surface area (Å²) in [6.45, 7) is 9.80. The van der Waals surface area contributed by atoms with E-state index in [0.717, 1.165) is 28.1 Å². The molecule has 7 N–H and O–H groups in total. The molecule has 0 atom stereocenters. The summed E-state index contributed by atoms with van der Waals surface area (Å²) in [5.41, 5.74) is 16.9. The highest BCUT2D eigenvalue weighted by Gasteiger charge is 1.99. The summed E-state index contributed by atoms with van der Waals surface area (Å²) in [7, 11) is 0. The zero-order valence-corrected chi connectivity index (χ0v) is 15.5. The second-order valence-electron chi connectivity index (χ2n) is 6.18. The van der Waals surface area contributed by atoms with Crippen LogP contribution in [0.1, 0.15) is 11.1 Å². The molecule has 0 heterocycles. The van der Waals surface area contributed by atoms with E-state index in [2.05, 4.69) is 23.8 Å². The number of nitrogens with two attached hydrogens (primary N) is 2. The van der Waals surface area contributed by atoms with Crippen molar-refractivity contribution < 1.29 is 0 Å². The number of benzene rings is 2. The van der Waals surface area contributed by atoms with Gasteiger partial charge in [0.1, 0.15) is 5.84 Å². The standard InChI is InChI=1S/C22H27N5/c1-3-17(15-27-20-8-4-18(13-23)5-9-20)12-16(2)14-26-21-10-6-19(7-11-21)22(24)25/h3-12,26-27H,1-2,13-15,23H2,(H3,24,25)/b17-12+. The zero-order chi connectivity index (χ0) is 19.6. The van der Waals surface area contributed by atoms with E-state index in [0.29, 0.717) is 25.2 Å². The Bertz CT molecular complexity index is 817. The second kappa shape index (κ2) is 9.99. The molecule has 140 valence electrons. The van der Waals surface area contributed by atoms with E-state index in [-0.39, 0.29) is 5.84 Å². The first-order valence-electron chi connectivity index (χ1n) is 8.74. The predicted molar refractivity (Wildman–Crippen MR) is 116 cm³/mol. The van der Waals surface area contributed by atoms with Gasteiger partial charge in [-0.3, -0.25) is 5.41 Å². The molecule has 2 rings (SSSR count). The van der Waals surface area contributed by atoms with Crippen molar-refractivity contribution in [3.63, 3.8) is 0 Å². The van der Waals surface area contributed by atoms with Crippen LogP contribution < -0.4 is 22.1 Å². The SMILES string of the molecule is C=C/C(=C\C(=C)CNc1ccc(C(=N)N)cc1)CNc1ccc(CN)cc1. The molecule has 0 saturated heterocycles. The van der Waals surface area contributed by atoms with Gasteiger partial charge in [-0.05, 0) is 53.1 Å². The molecule has 0 aliphatic heterocycles. The molecular formula is C22H27N5. The van der Waals surface area contributed by atoms with Crippen molar-refractivity contribution in [3.05, 3.63) is 96.1 Å². The molecular weight excluding hydrogens is 334 g/mol. The molecule has 0 amide bonds. The average molecular weight is 361 g/mol. The number of anilines is 2. The summed E-state index contributed by atoms with van der Waals surface area (Å²) in [4.78, 5) is 0. The highest BCUT2D eigenvalue weighted by molar-refractivity contribution is 5.95. The third kappa shape index (κ3) is 6.49. The molecule has 0 aliphatic carbocycles. The first kappa shape index (κ1) is 20.0. The van der Waals surface area contributed by atoms with Crippen LogP contribution in [0.3, 0.4) is 0 Å². The summed E-state index contributed by atoms with van der Waals surface area (Å²) in [5, 5.41) is 14.1. The quantitative estimate of drug-likeness (QED) is 0.253. The lowest BCUT2D eigenvalue weighted by molar-refractivity contribution is 1.07. The summed E-state index contributed by atoms with van der Waals surface area (Å²) in [5.74, 6) is 0.0645. The lowest BCUT2D eigenvalue weighted by Gasteiger charge is -2.10. The van der Waals surface area contributed by atoms with Crippen LogP contribution in [0.5, 0.6) is 0 Å². The van der Waals surface area contributed by atoms with Gasteiger partial charge in [0.25, 0.3) is 0 Å². The van der Waals surface area contributed by atoms with E-state index in [1.807, 2.05) is 60.7 Å². The smallest absolute Gasteiger partial charge is 0.122 e. The molecule has 5 heteroatoms. The fourth-order valence-electron chi connectivity index (χ4n) is 2.44. The van der Waals surface area contributed by atoms with E-state index >= 15 is 0 Å². The molecule has 0 bridgehead atoms. The Hall–Kier alpha value is -3.31. The second-order valence-corrected chi connectivity index (χ2v) is 6.18. The van der Waals surface area contributed by atoms with Crippen LogP contribution in [0.4, 0.5) is 11.4 Å². The summed E-state index contributed by atoms with van der Waals surface area (Å²) >= 11 is 0. The molecule has 0 spiro atoms. The number of nitrogen functional groups attached to an aromatic ring is 1. The Morgan fingerprint density at radius 1 is 0.963 bits per heavy atom. The molecule has 0 radical (unpaired) electrons. The first-order valence-corrected chi connectivity index (χ1v) is 8.74. The van der Waals surface area contributed by atoms with Gasteiger partial charge in [-0.25, -0.2) is 0 Å². The van der Waals surface area contributed by atoms with Gasteiger partial charge in [0.05, 0.1) is 0 Å². The Morgan fingerprint density at radius 2 is 1.52 bits per heavy atom. The van der Waals surface area contributed by atoms with Gasteiger partial charge < -0.3 is 22.1 Å². The normalized spacial score (nSPS) is 10.9. The summed E-state index contributed by atoms with van der Waals surface area (Å²) < 4.78 is 0. The number of hydrogen-bond acceptors (Lipinski definition) is 4. The molecule has 2 aromatic carbocycles. The topological polar surface area (TPSA) is 100.0 Å². The minimum absolute atomic E-state index is 0.0645. The van der Waals surface area contributed by atoms with E-state index in [1.54, 1.807) is 0 Å². The monoisotopic (exact) mass is 361 g/mol. The Kier molecular flexibility index (Phi) is 7.40. The fourth-order valence-corrected chi connectivity index (χ4v) is 2.44. The number of nitrogens with one attached hydrogen (secondary N) is 3. The molecule has 0 saturated carbocycles. The van der Waals surface area contributed by atoms with Gasteiger partial charge in [-0.1, -0.05) is 37.4 Å². The summed E-state index contributed by atoms with van der Waals surface area (Å²) in [6, 6.07) is 15.5. The van der Waals surface area contributed by atoms with Crippen LogP contribution in [0.2, 0.25) is 0 Å². The van der Waals surface area contributed by atoms with Gasteiger partial charge in [-0.15, -0.1) is 0 Å². The van der Waals surface area contributed by atoms with Crippen LogP contribution >= 0.6 is 0 Å². The van der Waals surface area contributed by atoms with E-state index in [4.69, 9.17) is 16.9 Å². The van der Waals surface area contributed by atoms with Crippen molar-refractivity contribution >= 4 is 17.2 Å². The van der Waals surface area contributed by atoms with E-state index in [9.17, 15) is 0 Å². The van der Waals surface area contributed by atoms with E-state index in [1.165, 1.54) is 0 Å². The highest BCUT2D eigenvalue weighted by Crippen LogP contribution is 2.12. The lowest BCUT2D eigenvalue weighted by Crippen LogP contribution is -2.11. The van der Waals surface area contributed by atoms with Crippen molar-refractivity contribution in [1.29, 1.82) is 5.41 Å². The Morgan fingerprint density at radius 3 is 2.04 bits per heavy atom. The van der Waals surface area contributed by atoms with E-state index < -0.39 is 0 Å². The zero-order valence-electron chi connectivity index (χ0n) is 15.5. The van der Waals surface area contributed by atoms with Crippen molar-refractivity contribution in [3.8, 4) is 0 Å². The van der Waals surface area contributed by atoms with Gasteiger partial charge in [0.2, 0.25) is 0 Å². The highest BCUT2D eigenvalue weighted by atomic mass is 14.9. The lowest BCUT2D eigenvalue weighted by atomic mass is 10.1. The molecule has 0 fully saturated rings. The van der Waals surface area contributed by atoms with Crippen LogP contribution in [0.25, 0.3) is 0 Å². The first-order chi connectivity index (χ1) is 13.0. The van der Waals surface area contributed by atoms with Crippen LogP contribution in [0.15, 0.2) is 85.0 Å². The average Bonchev–Trinajstić information content (AvgIpc) is 2.70. The minimum Gasteiger partial charge on any atom is -0.384 e. The minimum atomic E-state index is 0.0645. The van der Waals surface area contributed by atoms with Crippen LogP contribution in [-0.2, 0) is 6.54 Å². The largest absolute Gasteiger partial charge is 0.384 e. The van der Waals surface area contributed by atoms with Crippen LogP contribution in [0, 0.1) is 5.41 Å². The molecule has 27 heavy (non-hydrogen) atoms. The molecule has 0 unspecified atom stereocenters. The third-order valence-electron chi connectivity index (χ3n) is 4.05. The van der Waals surface area contributed by atoms with Crippen molar-refractivity contribution in [2.45, 2.75) is 6.54 Å². The molecule has 5 nitrogen and oxygen atoms in total. The maximum atomic E-state index is 7.41. The maximum Gasteiger partial charge on any atom is 0.122 e. The number of rotatable bonds is 10. The third-order valence-corrected chi connectivity index (χ3v) is 4.05.